The molecule has 0 spiro atoms. The molecule has 0 aliphatic heterocycles. The maximum atomic E-state index is 8.57. The Kier molecular flexibility index (Phi) is 4.06. The number of benzene rings is 1. The normalized spacial score (nSPS) is 10.6. The first-order valence-electron chi connectivity index (χ1n) is 4.28. The fraction of sp³-hybridized carbons (Fsp3) is 0.273. The van der Waals surface area contributed by atoms with Crippen molar-refractivity contribution >= 4 is 6.08 Å². The summed E-state index contributed by atoms with van der Waals surface area (Å²) in [4.78, 5) is 0. The van der Waals surface area contributed by atoms with E-state index in [0.29, 0.717) is 6.42 Å². The van der Waals surface area contributed by atoms with Crippen LogP contribution in [0.1, 0.15) is 12.0 Å². The Bertz CT molecular complexity index is 279. The summed E-state index contributed by atoms with van der Waals surface area (Å²) < 4.78 is 5.08. The van der Waals surface area contributed by atoms with Gasteiger partial charge in [-0.1, -0.05) is 24.3 Å². The van der Waals surface area contributed by atoms with Gasteiger partial charge in [0.1, 0.15) is 5.75 Å². The van der Waals surface area contributed by atoms with Gasteiger partial charge in [0.05, 0.1) is 7.11 Å². The fourth-order valence-corrected chi connectivity index (χ4v) is 1.04. The molecule has 0 atom stereocenters. The van der Waals surface area contributed by atoms with E-state index in [-0.39, 0.29) is 6.61 Å². The van der Waals surface area contributed by atoms with Crippen LogP contribution in [0.25, 0.3) is 6.08 Å². The van der Waals surface area contributed by atoms with Gasteiger partial charge < -0.3 is 9.84 Å². The summed E-state index contributed by atoms with van der Waals surface area (Å²) in [6.07, 6.45) is 4.60. The minimum Gasteiger partial charge on any atom is -0.497 e. The minimum atomic E-state index is 0.195. The second-order valence-electron chi connectivity index (χ2n) is 2.69. The van der Waals surface area contributed by atoms with E-state index in [0.717, 1.165) is 11.3 Å². The molecule has 2 heteroatoms. The third kappa shape index (κ3) is 3.30. The molecule has 0 amide bonds. The van der Waals surface area contributed by atoms with E-state index in [2.05, 4.69) is 0 Å². The van der Waals surface area contributed by atoms with Crippen LogP contribution in [0.2, 0.25) is 0 Å². The van der Waals surface area contributed by atoms with Crippen LogP contribution in [0.15, 0.2) is 30.3 Å². The summed E-state index contributed by atoms with van der Waals surface area (Å²) in [5.74, 6) is 0.853. The number of hydrogen-bond donors (Lipinski definition) is 1. The standard InChI is InChI=1S/C11H14O2/c1-13-11-7-4-6-10(9-11)5-2-3-8-12/h2,4-7,9,12H,3,8H2,1H3/b5-2-. The Morgan fingerprint density at radius 1 is 1.46 bits per heavy atom. The highest BCUT2D eigenvalue weighted by Crippen LogP contribution is 2.13. The van der Waals surface area contributed by atoms with Crippen LogP contribution in [-0.2, 0) is 0 Å². The highest BCUT2D eigenvalue weighted by Gasteiger charge is 1.90. The molecule has 1 aromatic carbocycles. The molecule has 0 fully saturated rings. The van der Waals surface area contributed by atoms with Gasteiger partial charge in [-0.3, -0.25) is 0 Å². The maximum absolute atomic E-state index is 8.57. The van der Waals surface area contributed by atoms with Gasteiger partial charge in [0.15, 0.2) is 0 Å². The fourth-order valence-electron chi connectivity index (χ4n) is 1.04. The molecule has 1 N–H and O–H groups in total. The zero-order valence-corrected chi connectivity index (χ0v) is 7.73. The van der Waals surface area contributed by atoms with E-state index in [1.54, 1.807) is 7.11 Å². The lowest BCUT2D eigenvalue weighted by Crippen LogP contribution is -1.82. The zero-order chi connectivity index (χ0) is 9.52. The minimum absolute atomic E-state index is 0.195. The topological polar surface area (TPSA) is 29.5 Å². The lowest BCUT2D eigenvalue weighted by molar-refractivity contribution is 0.303. The van der Waals surface area contributed by atoms with Crippen molar-refractivity contribution in [2.45, 2.75) is 6.42 Å². The van der Waals surface area contributed by atoms with Crippen LogP contribution in [0.4, 0.5) is 0 Å². The average Bonchev–Trinajstić information content (AvgIpc) is 2.19. The average molecular weight is 178 g/mol. The van der Waals surface area contributed by atoms with Crippen LogP contribution >= 0.6 is 0 Å². The van der Waals surface area contributed by atoms with Crippen LogP contribution in [0, 0.1) is 0 Å². The number of aliphatic hydroxyl groups is 1. The molecular formula is C11H14O2. The van der Waals surface area contributed by atoms with Crippen LogP contribution in [0.3, 0.4) is 0 Å². The van der Waals surface area contributed by atoms with Crippen molar-refractivity contribution in [2.75, 3.05) is 13.7 Å². The summed E-state index contributed by atoms with van der Waals surface area (Å²) in [7, 11) is 1.65. The summed E-state index contributed by atoms with van der Waals surface area (Å²) in [5.41, 5.74) is 1.09. The van der Waals surface area contributed by atoms with Gasteiger partial charge >= 0.3 is 0 Å². The molecule has 0 aliphatic rings. The number of methoxy groups -OCH3 is 1. The largest absolute Gasteiger partial charge is 0.497 e. The number of rotatable bonds is 4. The lowest BCUT2D eigenvalue weighted by Gasteiger charge is -1.99. The summed E-state index contributed by atoms with van der Waals surface area (Å²) in [5, 5.41) is 8.57. The van der Waals surface area contributed by atoms with Gasteiger partial charge in [-0.2, -0.15) is 0 Å². The van der Waals surface area contributed by atoms with Gasteiger partial charge in [-0.25, -0.2) is 0 Å². The summed E-state index contributed by atoms with van der Waals surface area (Å²) >= 11 is 0. The molecular weight excluding hydrogens is 164 g/mol. The molecule has 1 aromatic rings. The maximum Gasteiger partial charge on any atom is 0.119 e. The molecule has 0 radical (unpaired) electrons. The van der Waals surface area contributed by atoms with E-state index in [1.807, 2.05) is 36.4 Å². The summed E-state index contributed by atoms with van der Waals surface area (Å²) in [6, 6.07) is 7.80. The molecule has 13 heavy (non-hydrogen) atoms. The third-order valence-corrected chi connectivity index (χ3v) is 1.70. The first-order chi connectivity index (χ1) is 6.36. The molecule has 1 rings (SSSR count). The van der Waals surface area contributed by atoms with E-state index >= 15 is 0 Å². The molecule has 2 nitrogen and oxygen atoms in total. The van der Waals surface area contributed by atoms with Crippen molar-refractivity contribution in [3.05, 3.63) is 35.9 Å². The molecule has 0 heterocycles. The van der Waals surface area contributed by atoms with Crippen molar-refractivity contribution in [3.8, 4) is 5.75 Å². The number of ether oxygens (including phenoxy) is 1. The zero-order valence-electron chi connectivity index (χ0n) is 7.73. The first kappa shape index (κ1) is 9.81. The van der Waals surface area contributed by atoms with E-state index in [9.17, 15) is 0 Å². The number of aliphatic hydroxyl groups excluding tert-OH is 1. The van der Waals surface area contributed by atoms with Gasteiger partial charge in [-0.05, 0) is 24.1 Å². The van der Waals surface area contributed by atoms with Gasteiger partial charge in [0, 0.05) is 6.61 Å². The Morgan fingerprint density at radius 2 is 2.31 bits per heavy atom. The van der Waals surface area contributed by atoms with Crippen molar-refractivity contribution in [1.82, 2.24) is 0 Å². The van der Waals surface area contributed by atoms with Gasteiger partial charge in [0.2, 0.25) is 0 Å². The molecule has 0 saturated heterocycles. The third-order valence-electron chi connectivity index (χ3n) is 1.70. The molecule has 0 bridgehead atoms. The van der Waals surface area contributed by atoms with Gasteiger partial charge in [0.25, 0.3) is 0 Å². The smallest absolute Gasteiger partial charge is 0.119 e. The van der Waals surface area contributed by atoms with E-state index < -0.39 is 0 Å². The van der Waals surface area contributed by atoms with E-state index in [1.165, 1.54) is 0 Å². The highest BCUT2D eigenvalue weighted by atomic mass is 16.5. The second kappa shape index (κ2) is 5.38. The first-order valence-corrected chi connectivity index (χ1v) is 4.28. The Hall–Kier alpha value is -1.28. The predicted octanol–water partition coefficient (Wildman–Crippen LogP) is 2.09. The highest BCUT2D eigenvalue weighted by molar-refractivity contribution is 5.51. The van der Waals surface area contributed by atoms with Gasteiger partial charge in [-0.15, -0.1) is 0 Å². The molecule has 0 aromatic heterocycles. The van der Waals surface area contributed by atoms with Crippen molar-refractivity contribution in [1.29, 1.82) is 0 Å². The molecule has 0 aliphatic carbocycles. The lowest BCUT2D eigenvalue weighted by atomic mass is 10.2. The quantitative estimate of drug-likeness (QED) is 0.765. The van der Waals surface area contributed by atoms with Crippen LogP contribution in [0.5, 0.6) is 5.75 Å². The SMILES string of the molecule is COc1cccc(/C=C\CCO)c1. The summed E-state index contributed by atoms with van der Waals surface area (Å²) in [6.45, 7) is 0.195. The Labute approximate surface area is 78.5 Å². The van der Waals surface area contributed by atoms with Crippen molar-refractivity contribution in [2.24, 2.45) is 0 Å². The molecule has 0 saturated carbocycles. The Balaban J connectivity index is 2.66. The van der Waals surface area contributed by atoms with Crippen molar-refractivity contribution < 1.29 is 9.84 Å². The Morgan fingerprint density at radius 3 is 3.00 bits per heavy atom. The monoisotopic (exact) mass is 178 g/mol. The van der Waals surface area contributed by atoms with Crippen LogP contribution < -0.4 is 4.74 Å². The van der Waals surface area contributed by atoms with Crippen LogP contribution in [-0.4, -0.2) is 18.8 Å². The van der Waals surface area contributed by atoms with Crippen molar-refractivity contribution in [3.63, 3.8) is 0 Å². The second-order valence-corrected chi connectivity index (χ2v) is 2.69. The molecule has 70 valence electrons. The molecule has 0 unspecified atom stereocenters. The number of hydrogen-bond acceptors (Lipinski definition) is 2. The van der Waals surface area contributed by atoms with E-state index in [4.69, 9.17) is 9.84 Å². The predicted molar refractivity (Wildman–Crippen MR) is 53.7 cm³/mol.